The highest BCUT2D eigenvalue weighted by atomic mass is 19.1. The van der Waals surface area contributed by atoms with E-state index in [-0.39, 0.29) is 17.3 Å². The molecule has 1 amide bonds. The summed E-state index contributed by atoms with van der Waals surface area (Å²) in [7, 11) is 1.69. The van der Waals surface area contributed by atoms with Gasteiger partial charge in [-0.15, -0.1) is 0 Å². The summed E-state index contributed by atoms with van der Waals surface area (Å²) in [5.41, 5.74) is 4.29. The van der Waals surface area contributed by atoms with Crippen molar-refractivity contribution in [2.75, 3.05) is 13.7 Å². The van der Waals surface area contributed by atoms with E-state index in [0.717, 1.165) is 11.1 Å². The number of halogens is 1. The van der Waals surface area contributed by atoms with Crippen molar-refractivity contribution in [1.29, 1.82) is 0 Å². The van der Waals surface area contributed by atoms with E-state index < -0.39 is 5.97 Å². The molecule has 0 aliphatic carbocycles. The quantitative estimate of drug-likeness (QED) is 0.566. The maximum absolute atomic E-state index is 13.7. The molecule has 0 aromatic heterocycles. The molecule has 0 saturated carbocycles. The fourth-order valence-electron chi connectivity index (χ4n) is 3.98. The molecular formula is C26H23FN2O4. The molecule has 33 heavy (non-hydrogen) atoms. The summed E-state index contributed by atoms with van der Waals surface area (Å²) < 4.78 is 19.5. The van der Waals surface area contributed by atoms with E-state index in [1.807, 2.05) is 6.92 Å². The minimum Gasteiger partial charge on any atom is -0.493 e. The van der Waals surface area contributed by atoms with Crippen molar-refractivity contribution >= 4 is 18.1 Å². The van der Waals surface area contributed by atoms with Gasteiger partial charge in [0.15, 0.2) is 0 Å². The zero-order valence-electron chi connectivity index (χ0n) is 18.3. The molecule has 1 heterocycles. The van der Waals surface area contributed by atoms with Crippen LogP contribution in [0.4, 0.5) is 4.39 Å². The van der Waals surface area contributed by atoms with E-state index in [4.69, 9.17) is 4.74 Å². The minimum absolute atomic E-state index is 0.207. The van der Waals surface area contributed by atoms with Crippen LogP contribution in [-0.2, 0) is 13.1 Å². The second-order valence-electron chi connectivity index (χ2n) is 7.75. The second kappa shape index (κ2) is 9.24. The number of ether oxygens (including phenoxy) is 1. The largest absolute Gasteiger partial charge is 0.493 e. The molecule has 4 rings (SSSR count). The Morgan fingerprint density at radius 3 is 2.70 bits per heavy atom. The zero-order valence-corrected chi connectivity index (χ0v) is 18.3. The molecule has 0 atom stereocenters. The van der Waals surface area contributed by atoms with Crippen LogP contribution in [0.3, 0.4) is 0 Å². The van der Waals surface area contributed by atoms with Gasteiger partial charge in [0, 0.05) is 36.5 Å². The molecule has 0 saturated heterocycles. The van der Waals surface area contributed by atoms with Crippen LogP contribution in [0.2, 0.25) is 0 Å². The van der Waals surface area contributed by atoms with E-state index >= 15 is 0 Å². The van der Waals surface area contributed by atoms with Gasteiger partial charge in [-0.25, -0.2) is 9.18 Å². The van der Waals surface area contributed by atoms with Gasteiger partial charge < -0.3 is 14.7 Å². The molecule has 6 nitrogen and oxygen atoms in total. The fraction of sp³-hybridized carbons (Fsp3) is 0.192. The minimum atomic E-state index is -1.00. The number of aromatic carboxylic acids is 1. The van der Waals surface area contributed by atoms with E-state index in [2.05, 4.69) is 4.99 Å². The molecule has 1 N–H and O–H groups in total. The SMILES string of the molecule is CCOc1cc(C(=O)N(C)Cc2ccc(C(=O)O)c3c2CN=C3)ccc1-c1cccc(F)c1. The van der Waals surface area contributed by atoms with Gasteiger partial charge in [0.05, 0.1) is 18.7 Å². The van der Waals surface area contributed by atoms with Crippen LogP contribution < -0.4 is 4.74 Å². The van der Waals surface area contributed by atoms with Crippen LogP contribution in [0, 0.1) is 5.82 Å². The monoisotopic (exact) mass is 446 g/mol. The summed E-state index contributed by atoms with van der Waals surface area (Å²) in [6, 6.07) is 14.6. The number of carbonyl (C=O) groups excluding carboxylic acids is 1. The highest BCUT2D eigenvalue weighted by molar-refractivity contribution is 6.01. The number of hydrogen-bond donors (Lipinski definition) is 1. The smallest absolute Gasteiger partial charge is 0.336 e. The number of benzene rings is 3. The van der Waals surface area contributed by atoms with Crippen LogP contribution >= 0.6 is 0 Å². The highest BCUT2D eigenvalue weighted by Gasteiger charge is 2.22. The lowest BCUT2D eigenvalue weighted by molar-refractivity contribution is 0.0695. The normalized spacial score (nSPS) is 11.8. The Balaban J connectivity index is 1.60. The number of fused-ring (bicyclic) bond motifs is 1. The Kier molecular flexibility index (Phi) is 6.22. The molecule has 0 unspecified atom stereocenters. The van der Waals surface area contributed by atoms with Gasteiger partial charge in [-0.3, -0.25) is 9.79 Å². The summed E-state index contributed by atoms with van der Waals surface area (Å²) in [5, 5.41) is 9.39. The molecule has 0 radical (unpaired) electrons. The van der Waals surface area contributed by atoms with Gasteiger partial charge in [0.25, 0.3) is 5.91 Å². The number of nitrogens with zero attached hydrogens (tertiary/aromatic N) is 2. The van der Waals surface area contributed by atoms with Crippen molar-refractivity contribution in [2.45, 2.75) is 20.0 Å². The van der Waals surface area contributed by atoms with Crippen molar-refractivity contribution in [3.05, 3.63) is 88.2 Å². The lowest BCUT2D eigenvalue weighted by atomic mass is 9.97. The predicted octanol–water partition coefficient (Wildman–Crippen LogP) is 4.79. The molecule has 1 aliphatic heterocycles. The first-order chi connectivity index (χ1) is 15.9. The molecule has 1 aliphatic rings. The van der Waals surface area contributed by atoms with Crippen molar-refractivity contribution < 1.29 is 23.8 Å². The van der Waals surface area contributed by atoms with Crippen LogP contribution in [-0.4, -0.2) is 41.8 Å². The van der Waals surface area contributed by atoms with Gasteiger partial charge in [-0.1, -0.05) is 18.2 Å². The van der Waals surface area contributed by atoms with Gasteiger partial charge in [0.1, 0.15) is 11.6 Å². The molecule has 3 aromatic carbocycles. The number of carboxylic acids is 1. The zero-order chi connectivity index (χ0) is 23.5. The van der Waals surface area contributed by atoms with Crippen LogP contribution in [0.5, 0.6) is 5.75 Å². The topological polar surface area (TPSA) is 79.2 Å². The second-order valence-corrected chi connectivity index (χ2v) is 7.75. The number of amides is 1. The Morgan fingerprint density at radius 2 is 1.97 bits per heavy atom. The maximum atomic E-state index is 13.7. The molecule has 0 fully saturated rings. The third kappa shape index (κ3) is 4.48. The van der Waals surface area contributed by atoms with Crippen molar-refractivity contribution in [3.63, 3.8) is 0 Å². The van der Waals surface area contributed by atoms with Gasteiger partial charge >= 0.3 is 5.97 Å². The van der Waals surface area contributed by atoms with E-state index in [1.54, 1.807) is 60.6 Å². The lowest BCUT2D eigenvalue weighted by Gasteiger charge is -2.20. The predicted molar refractivity (Wildman–Crippen MR) is 124 cm³/mol. The standard InChI is InChI=1S/C26H23FN2O4/c1-3-33-24-12-17(7-9-20(24)16-5-4-6-19(27)11-16)25(30)29(2)15-18-8-10-21(26(31)32)23-14-28-13-22(18)23/h4-12,14H,3,13,15H2,1-2H3,(H,31,32). The number of hydrogen-bond acceptors (Lipinski definition) is 4. The fourth-order valence-corrected chi connectivity index (χ4v) is 3.98. The van der Waals surface area contributed by atoms with Gasteiger partial charge in [0.2, 0.25) is 0 Å². The van der Waals surface area contributed by atoms with Gasteiger partial charge in [-0.2, -0.15) is 0 Å². The third-order valence-electron chi connectivity index (χ3n) is 5.57. The molecule has 0 bridgehead atoms. The van der Waals surface area contributed by atoms with Crippen LogP contribution in [0.1, 0.15) is 44.3 Å². The van der Waals surface area contributed by atoms with Crippen molar-refractivity contribution in [3.8, 4) is 16.9 Å². The maximum Gasteiger partial charge on any atom is 0.336 e. The average molecular weight is 446 g/mol. The Hall–Kier alpha value is -4.00. The van der Waals surface area contributed by atoms with E-state index in [1.165, 1.54) is 12.1 Å². The number of carboxylic acid groups (broad SMARTS) is 1. The molecule has 7 heteroatoms. The number of aliphatic imine (C=N–C) groups is 1. The van der Waals surface area contributed by atoms with E-state index in [9.17, 15) is 19.1 Å². The molecular weight excluding hydrogens is 423 g/mol. The Labute approximate surface area is 191 Å². The van der Waals surface area contributed by atoms with E-state index in [0.29, 0.717) is 47.7 Å². The highest BCUT2D eigenvalue weighted by Crippen LogP contribution is 2.32. The Bertz CT molecular complexity index is 1270. The summed E-state index contributed by atoms with van der Waals surface area (Å²) in [6.45, 7) is 2.95. The van der Waals surface area contributed by atoms with Crippen molar-refractivity contribution in [2.24, 2.45) is 4.99 Å². The molecule has 168 valence electrons. The average Bonchev–Trinajstić information content (AvgIpc) is 3.29. The first kappa shape index (κ1) is 22.2. The first-order valence-electron chi connectivity index (χ1n) is 10.5. The van der Waals surface area contributed by atoms with Crippen LogP contribution in [0.15, 0.2) is 59.6 Å². The summed E-state index contributed by atoms with van der Waals surface area (Å²) in [5.74, 6) is -1.06. The van der Waals surface area contributed by atoms with Crippen molar-refractivity contribution in [1.82, 2.24) is 4.90 Å². The van der Waals surface area contributed by atoms with Crippen LogP contribution in [0.25, 0.3) is 11.1 Å². The first-order valence-corrected chi connectivity index (χ1v) is 10.5. The number of rotatable bonds is 7. The lowest BCUT2D eigenvalue weighted by Crippen LogP contribution is -2.27. The summed E-state index contributed by atoms with van der Waals surface area (Å²) >= 11 is 0. The molecule has 0 spiro atoms. The van der Waals surface area contributed by atoms with Gasteiger partial charge in [-0.05, 0) is 60.0 Å². The third-order valence-corrected chi connectivity index (χ3v) is 5.57. The summed E-state index contributed by atoms with van der Waals surface area (Å²) in [4.78, 5) is 30.4. The molecule has 3 aromatic rings. The summed E-state index contributed by atoms with van der Waals surface area (Å²) in [6.07, 6.45) is 1.57. The Morgan fingerprint density at radius 1 is 1.15 bits per heavy atom. The number of carbonyl (C=O) groups is 2.